The van der Waals surface area contributed by atoms with Gasteiger partial charge in [0.2, 0.25) is 5.91 Å². The predicted octanol–water partition coefficient (Wildman–Crippen LogP) is 1.02. The van der Waals surface area contributed by atoms with E-state index >= 15 is 0 Å². The Hall–Kier alpha value is -2.59. The van der Waals surface area contributed by atoms with Crippen LogP contribution in [-0.4, -0.2) is 46.9 Å². The van der Waals surface area contributed by atoms with Crippen molar-refractivity contribution in [2.75, 3.05) is 13.1 Å². The van der Waals surface area contributed by atoms with Gasteiger partial charge in [0.15, 0.2) is 0 Å². The molecule has 7 nitrogen and oxygen atoms in total. The van der Waals surface area contributed by atoms with Crippen LogP contribution >= 0.6 is 11.6 Å². The quantitative estimate of drug-likeness (QED) is 0.853. The lowest BCUT2D eigenvalue weighted by Crippen LogP contribution is -2.45. The molecule has 1 saturated heterocycles. The van der Waals surface area contributed by atoms with Gasteiger partial charge in [-0.25, -0.2) is 4.79 Å². The highest BCUT2D eigenvalue weighted by Crippen LogP contribution is 2.18. The first-order valence-corrected chi connectivity index (χ1v) is 7.32. The highest BCUT2D eigenvalue weighted by Gasteiger charge is 2.33. The van der Waals surface area contributed by atoms with Crippen molar-refractivity contribution in [1.29, 1.82) is 5.26 Å². The lowest BCUT2D eigenvalue weighted by atomic mass is 10.1. The zero-order valence-corrected chi connectivity index (χ0v) is 12.8. The van der Waals surface area contributed by atoms with Crippen LogP contribution in [0.2, 0.25) is 5.02 Å². The average molecular weight is 336 g/mol. The molecule has 120 valence electrons. The maximum Gasteiger partial charge on any atom is 0.326 e. The number of nitrogens with zero attached hydrogens (tertiary/aromatic N) is 2. The summed E-state index contributed by atoms with van der Waals surface area (Å²) < 4.78 is 0. The van der Waals surface area contributed by atoms with Gasteiger partial charge in [0.25, 0.3) is 5.91 Å². The second-order valence-electron chi connectivity index (χ2n) is 5.07. The predicted molar refractivity (Wildman–Crippen MR) is 80.9 cm³/mol. The fraction of sp³-hybridized carbons (Fsp3) is 0.333. The number of aliphatic carboxylic acids is 1. The molecule has 1 aliphatic rings. The summed E-state index contributed by atoms with van der Waals surface area (Å²) >= 11 is 5.79. The summed E-state index contributed by atoms with van der Waals surface area (Å²) in [6, 6.07) is 5.24. The third-order valence-corrected chi connectivity index (χ3v) is 3.94. The number of benzene rings is 1. The molecule has 2 rings (SSSR count). The first-order valence-electron chi connectivity index (χ1n) is 6.94. The Kier molecular flexibility index (Phi) is 5.19. The Bertz CT molecular complexity index is 698. The number of likely N-dealkylation sites (tertiary alicyclic amines) is 1. The smallest absolute Gasteiger partial charge is 0.326 e. The molecule has 1 aliphatic heterocycles. The van der Waals surface area contributed by atoms with E-state index in [-0.39, 0.29) is 22.7 Å². The summed E-state index contributed by atoms with van der Waals surface area (Å²) in [6.07, 6.45) is 1.04. The number of hydrogen-bond donors (Lipinski definition) is 2. The summed E-state index contributed by atoms with van der Waals surface area (Å²) in [5.41, 5.74) is 0.367. The highest BCUT2D eigenvalue weighted by molar-refractivity contribution is 6.31. The molecule has 2 N–H and O–H groups in total. The number of amides is 2. The first kappa shape index (κ1) is 16.8. The summed E-state index contributed by atoms with van der Waals surface area (Å²) in [6.45, 7) is 0.0678. The molecular formula is C15H14ClN3O4. The van der Waals surface area contributed by atoms with Gasteiger partial charge in [-0.1, -0.05) is 11.6 Å². The Morgan fingerprint density at radius 2 is 2.17 bits per heavy atom. The van der Waals surface area contributed by atoms with Crippen molar-refractivity contribution in [1.82, 2.24) is 10.2 Å². The van der Waals surface area contributed by atoms with E-state index in [1.54, 1.807) is 0 Å². The van der Waals surface area contributed by atoms with Crippen molar-refractivity contribution in [3.8, 4) is 6.07 Å². The van der Waals surface area contributed by atoms with Gasteiger partial charge < -0.3 is 15.3 Å². The van der Waals surface area contributed by atoms with Gasteiger partial charge in [-0.2, -0.15) is 5.26 Å². The van der Waals surface area contributed by atoms with E-state index in [2.05, 4.69) is 5.32 Å². The second-order valence-corrected chi connectivity index (χ2v) is 5.48. The van der Waals surface area contributed by atoms with Crippen molar-refractivity contribution in [2.24, 2.45) is 0 Å². The molecule has 0 unspecified atom stereocenters. The van der Waals surface area contributed by atoms with Crippen molar-refractivity contribution in [3.63, 3.8) is 0 Å². The lowest BCUT2D eigenvalue weighted by molar-refractivity contribution is -0.147. The van der Waals surface area contributed by atoms with Crippen LogP contribution in [0.3, 0.4) is 0 Å². The van der Waals surface area contributed by atoms with Crippen LogP contribution in [0, 0.1) is 11.3 Å². The average Bonchev–Trinajstić information content (AvgIpc) is 3.02. The van der Waals surface area contributed by atoms with Crippen LogP contribution < -0.4 is 5.32 Å². The number of halogens is 1. The standard InChI is InChI=1S/C15H14ClN3O4/c16-11-4-3-9(6-10(11)7-17)14(21)18-8-13(20)19-5-1-2-12(19)15(22)23/h3-4,6,12H,1-2,5,8H2,(H,18,21)(H,22,23)/t12-/m0/s1. The van der Waals surface area contributed by atoms with Crippen LogP contribution in [0.1, 0.15) is 28.8 Å². The molecular weight excluding hydrogens is 322 g/mol. The van der Waals surface area contributed by atoms with E-state index in [1.807, 2.05) is 6.07 Å². The minimum Gasteiger partial charge on any atom is -0.480 e. The van der Waals surface area contributed by atoms with E-state index in [4.69, 9.17) is 22.0 Å². The number of carbonyl (C=O) groups excluding carboxylic acids is 2. The number of carboxylic acids is 1. The maximum absolute atomic E-state index is 12.0. The van der Waals surface area contributed by atoms with Gasteiger partial charge in [0.05, 0.1) is 17.1 Å². The van der Waals surface area contributed by atoms with Gasteiger partial charge in [-0.05, 0) is 31.0 Å². The maximum atomic E-state index is 12.0. The minimum absolute atomic E-state index is 0.163. The Morgan fingerprint density at radius 3 is 2.83 bits per heavy atom. The number of rotatable bonds is 4. The van der Waals surface area contributed by atoms with E-state index < -0.39 is 23.8 Å². The van der Waals surface area contributed by atoms with E-state index in [9.17, 15) is 14.4 Å². The molecule has 0 bridgehead atoms. The van der Waals surface area contributed by atoms with E-state index in [0.29, 0.717) is 19.4 Å². The van der Waals surface area contributed by atoms with Crippen molar-refractivity contribution < 1.29 is 19.5 Å². The SMILES string of the molecule is N#Cc1cc(C(=O)NCC(=O)N2CCC[C@H]2C(=O)O)ccc1Cl. The molecule has 1 fully saturated rings. The molecule has 1 atom stereocenters. The second kappa shape index (κ2) is 7.11. The molecule has 1 aromatic rings. The first-order chi connectivity index (χ1) is 10.9. The number of carboxylic acid groups (broad SMARTS) is 1. The molecule has 2 amide bonds. The highest BCUT2D eigenvalue weighted by atomic mass is 35.5. The summed E-state index contributed by atoms with van der Waals surface area (Å²) in [4.78, 5) is 36.4. The molecule has 1 heterocycles. The number of carbonyl (C=O) groups is 3. The van der Waals surface area contributed by atoms with Crippen LogP contribution in [0.5, 0.6) is 0 Å². The number of nitrogens with one attached hydrogen (secondary N) is 1. The van der Waals surface area contributed by atoms with Gasteiger partial charge in [0, 0.05) is 12.1 Å². The van der Waals surface area contributed by atoms with E-state index in [0.717, 1.165) is 0 Å². The van der Waals surface area contributed by atoms with Crippen molar-refractivity contribution in [2.45, 2.75) is 18.9 Å². The normalized spacial score (nSPS) is 16.7. The Labute approximate surface area is 137 Å². The van der Waals surface area contributed by atoms with Gasteiger partial charge in [-0.3, -0.25) is 9.59 Å². The van der Waals surface area contributed by atoms with Crippen LogP contribution in [-0.2, 0) is 9.59 Å². The molecule has 0 saturated carbocycles. The fourth-order valence-electron chi connectivity index (χ4n) is 2.43. The number of nitriles is 1. The largest absolute Gasteiger partial charge is 0.480 e. The van der Waals surface area contributed by atoms with Crippen molar-refractivity contribution in [3.05, 3.63) is 34.3 Å². The van der Waals surface area contributed by atoms with Gasteiger partial charge >= 0.3 is 5.97 Å². The topological polar surface area (TPSA) is 111 Å². The third-order valence-electron chi connectivity index (χ3n) is 3.61. The van der Waals surface area contributed by atoms with Crippen LogP contribution in [0.25, 0.3) is 0 Å². The monoisotopic (exact) mass is 335 g/mol. The number of hydrogen-bond acceptors (Lipinski definition) is 4. The Morgan fingerprint density at radius 1 is 1.43 bits per heavy atom. The zero-order chi connectivity index (χ0) is 17.0. The molecule has 0 radical (unpaired) electrons. The van der Waals surface area contributed by atoms with Crippen LogP contribution in [0.4, 0.5) is 0 Å². The molecule has 0 aliphatic carbocycles. The molecule has 8 heteroatoms. The fourth-order valence-corrected chi connectivity index (χ4v) is 2.59. The summed E-state index contributed by atoms with van der Waals surface area (Å²) in [7, 11) is 0. The summed E-state index contributed by atoms with van der Waals surface area (Å²) in [5.74, 6) is -2.02. The van der Waals surface area contributed by atoms with Gasteiger partial charge in [-0.15, -0.1) is 0 Å². The molecule has 0 aromatic heterocycles. The minimum atomic E-state index is -1.04. The van der Waals surface area contributed by atoms with Crippen molar-refractivity contribution >= 4 is 29.4 Å². The summed E-state index contributed by atoms with van der Waals surface area (Å²) in [5, 5.41) is 20.6. The van der Waals surface area contributed by atoms with E-state index in [1.165, 1.54) is 23.1 Å². The Balaban J connectivity index is 1.98. The third kappa shape index (κ3) is 3.79. The zero-order valence-electron chi connectivity index (χ0n) is 12.1. The van der Waals surface area contributed by atoms with Crippen LogP contribution in [0.15, 0.2) is 18.2 Å². The molecule has 0 spiro atoms. The molecule has 23 heavy (non-hydrogen) atoms. The molecule has 1 aromatic carbocycles. The lowest BCUT2D eigenvalue weighted by Gasteiger charge is -2.21. The van der Waals surface area contributed by atoms with Gasteiger partial charge in [0.1, 0.15) is 12.1 Å².